The van der Waals surface area contributed by atoms with Gasteiger partial charge in [0.25, 0.3) is 0 Å². The van der Waals surface area contributed by atoms with Crippen LogP contribution in [0.5, 0.6) is 0 Å². The van der Waals surface area contributed by atoms with Gasteiger partial charge in [-0.25, -0.2) is 0 Å². The van der Waals surface area contributed by atoms with Crippen LogP contribution in [0.1, 0.15) is 51.9 Å². The van der Waals surface area contributed by atoms with Gasteiger partial charge in [-0.15, -0.1) is 0 Å². The van der Waals surface area contributed by atoms with E-state index in [4.69, 9.17) is 15.9 Å². The summed E-state index contributed by atoms with van der Waals surface area (Å²) in [6.45, 7) is 2.58. The van der Waals surface area contributed by atoms with Gasteiger partial charge < -0.3 is 15.9 Å². The summed E-state index contributed by atoms with van der Waals surface area (Å²) in [5.41, 5.74) is 6.07. The van der Waals surface area contributed by atoms with Crippen molar-refractivity contribution in [2.24, 2.45) is 5.73 Å². The summed E-state index contributed by atoms with van der Waals surface area (Å²) in [7, 11) is 0. The zero-order chi connectivity index (χ0) is 10.9. The molecule has 86 valence electrons. The number of aliphatic hydroxyl groups is 2. The molecule has 0 bridgehead atoms. The Morgan fingerprint density at radius 1 is 0.929 bits per heavy atom. The van der Waals surface area contributed by atoms with Crippen molar-refractivity contribution in [1.82, 2.24) is 0 Å². The highest BCUT2D eigenvalue weighted by Crippen LogP contribution is 2.22. The van der Waals surface area contributed by atoms with Crippen LogP contribution in [0.3, 0.4) is 0 Å². The number of unbranched alkanes of at least 4 members (excludes halogenated alkanes) is 1. The van der Waals surface area contributed by atoms with Crippen molar-refractivity contribution >= 4 is 0 Å². The Labute approximate surface area is 87.3 Å². The highest BCUT2D eigenvalue weighted by Gasteiger charge is 2.22. The van der Waals surface area contributed by atoms with Crippen LogP contribution in [-0.2, 0) is 0 Å². The number of rotatable bonds is 9. The van der Waals surface area contributed by atoms with Gasteiger partial charge >= 0.3 is 0 Å². The molecule has 0 aromatic rings. The van der Waals surface area contributed by atoms with Gasteiger partial charge in [0.2, 0.25) is 0 Å². The van der Waals surface area contributed by atoms with Crippen molar-refractivity contribution in [3.63, 3.8) is 0 Å². The second kappa shape index (κ2) is 8.21. The van der Waals surface area contributed by atoms with E-state index < -0.39 is 0 Å². The number of nitrogens with two attached hydrogens (primary N) is 1. The molecule has 0 saturated heterocycles. The van der Waals surface area contributed by atoms with Gasteiger partial charge in [0.15, 0.2) is 0 Å². The van der Waals surface area contributed by atoms with E-state index in [0.717, 1.165) is 44.9 Å². The molecular formula is C11H25NO2. The molecule has 14 heavy (non-hydrogen) atoms. The summed E-state index contributed by atoms with van der Waals surface area (Å²) >= 11 is 0. The van der Waals surface area contributed by atoms with Gasteiger partial charge in [0, 0.05) is 18.8 Å². The molecule has 0 amide bonds. The van der Waals surface area contributed by atoms with E-state index in [1.54, 1.807) is 0 Å². The van der Waals surface area contributed by atoms with Gasteiger partial charge in [-0.1, -0.05) is 19.8 Å². The van der Waals surface area contributed by atoms with Gasteiger partial charge in [0.1, 0.15) is 0 Å². The Hall–Kier alpha value is -0.120. The van der Waals surface area contributed by atoms with E-state index in [2.05, 4.69) is 6.92 Å². The lowest BCUT2D eigenvalue weighted by Gasteiger charge is -2.29. The SMILES string of the molecule is CCCCC(N)(CCCO)CCCO. The molecule has 0 rings (SSSR count). The second-order valence-electron chi connectivity index (χ2n) is 4.12. The summed E-state index contributed by atoms with van der Waals surface area (Å²) in [5, 5.41) is 17.6. The lowest BCUT2D eigenvalue weighted by atomic mass is 9.84. The van der Waals surface area contributed by atoms with Crippen molar-refractivity contribution in [3.8, 4) is 0 Å². The monoisotopic (exact) mass is 203 g/mol. The topological polar surface area (TPSA) is 66.5 Å². The zero-order valence-corrected chi connectivity index (χ0v) is 9.34. The van der Waals surface area contributed by atoms with E-state index in [9.17, 15) is 0 Å². The average Bonchev–Trinajstić information content (AvgIpc) is 2.21. The van der Waals surface area contributed by atoms with Crippen LogP contribution in [-0.4, -0.2) is 29.0 Å². The lowest BCUT2D eigenvalue weighted by Crippen LogP contribution is -2.40. The van der Waals surface area contributed by atoms with E-state index in [0.29, 0.717) is 0 Å². The molecule has 0 aliphatic rings. The maximum absolute atomic E-state index is 8.78. The fourth-order valence-corrected chi connectivity index (χ4v) is 1.77. The molecule has 0 unspecified atom stereocenters. The van der Waals surface area contributed by atoms with Crippen molar-refractivity contribution in [3.05, 3.63) is 0 Å². The molecule has 0 aliphatic carbocycles. The third-order valence-electron chi connectivity index (χ3n) is 2.69. The molecule has 0 fully saturated rings. The first-order valence-electron chi connectivity index (χ1n) is 5.69. The molecule has 0 aromatic heterocycles. The van der Waals surface area contributed by atoms with Crippen LogP contribution in [0.15, 0.2) is 0 Å². The average molecular weight is 203 g/mol. The summed E-state index contributed by atoms with van der Waals surface area (Å²) < 4.78 is 0. The predicted molar refractivity (Wildman–Crippen MR) is 59.1 cm³/mol. The summed E-state index contributed by atoms with van der Waals surface area (Å²) in [6, 6.07) is 0. The summed E-state index contributed by atoms with van der Waals surface area (Å²) in [4.78, 5) is 0. The largest absolute Gasteiger partial charge is 0.396 e. The van der Waals surface area contributed by atoms with Crippen molar-refractivity contribution in [2.75, 3.05) is 13.2 Å². The van der Waals surface area contributed by atoms with Crippen LogP contribution < -0.4 is 5.73 Å². The molecule has 3 nitrogen and oxygen atoms in total. The zero-order valence-electron chi connectivity index (χ0n) is 9.34. The number of hydrogen-bond acceptors (Lipinski definition) is 3. The number of aliphatic hydroxyl groups excluding tert-OH is 2. The van der Waals surface area contributed by atoms with Crippen LogP contribution in [0, 0.1) is 0 Å². The fraction of sp³-hybridized carbons (Fsp3) is 1.00. The first kappa shape index (κ1) is 13.9. The lowest BCUT2D eigenvalue weighted by molar-refractivity contribution is 0.223. The maximum atomic E-state index is 8.78. The van der Waals surface area contributed by atoms with Crippen molar-refractivity contribution in [2.45, 2.75) is 57.4 Å². The molecular weight excluding hydrogens is 178 g/mol. The minimum Gasteiger partial charge on any atom is -0.396 e. The third kappa shape index (κ3) is 6.35. The van der Waals surface area contributed by atoms with Gasteiger partial charge in [0.05, 0.1) is 0 Å². The molecule has 0 atom stereocenters. The standard InChI is InChI=1S/C11H25NO2/c1-2-3-6-11(12,7-4-9-13)8-5-10-14/h13-14H,2-10,12H2,1H3. The maximum Gasteiger partial charge on any atom is 0.0431 e. The van der Waals surface area contributed by atoms with Crippen molar-refractivity contribution in [1.29, 1.82) is 0 Å². The smallest absolute Gasteiger partial charge is 0.0431 e. The van der Waals surface area contributed by atoms with Crippen LogP contribution in [0.25, 0.3) is 0 Å². The molecule has 4 N–H and O–H groups in total. The molecule has 0 saturated carbocycles. The van der Waals surface area contributed by atoms with Gasteiger partial charge in [-0.3, -0.25) is 0 Å². The molecule has 0 spiro atoms. The second-order valence-corrected chi connectivity index (χ2v) is 4.12. The first-order valence-corrected chi connectivity index (χ1v) is 5.69. The van der Waals surface area contributed by atoms with E-state index >= 15 is 0 Å². The Bertz CT molecular complexity index is 107. The highest BCUT2D eigenvalue weighted by molar-refractivity contribution is 4.83. The van der Waals surface area contributed by atoms with E-state index in [1.807, 2.05) is 0 Å². The molecule has 0 aromatic carbocycles. The van der Waals surface area contributed by atoms with Gasteiger partial charge in [-0.05, 0) is 32.1 Å². The van der Waals surface area contributed by atoms with Gasteiger partial charge in [-0.2, -0.15) is 0 Å². The molecule has 0 aliphatic heterocycles. The Morgan fingerprint density at radius 2 is 1.36 bits per heavy atom. The van der Waals surface area contributed by atoms with Crippen LogP contribution >= 0.6 is 0 Å². The quantitative estimate of drug-likeness (QED) is 0.531. The first-order chi connectivity index (χ1) is 6.68. The van der Waals surface area contributed by atoms with Crippen LogP contribution in [0.2, 0.25) is 0 Å². The third-order valence-corrected chi connectivity index (χ3v) is 2.69. The fourth-order valence-electron chi connectivity index (χ4n) is 1.77. The Morgan fingerprint density at radius 3 is 1.71 bits per heavy atom. The van der Waals surface area contributed by atoms with Crippen LogP contribution in [0.4, 0.5) is 0 Å². The minimum absolute atomic E-state index is 0.165. The molecule has 3 heteroatoms. The predicted octanol–water partition coefficient (Wildman–Crippen LogP) is 1.42. The Kier molecular flexibility index (Phi) is 8.14. The normalized spacial score (nSPS) is 12.0. The van der Waals surface area contributed by atoms with E-state index in [-0.39, 0.29) is 18.8 Å². The Balaban J connectivity index is 3.89. The molecule has 0 radical (unpaired) electrons. The number of hydrogen-bond donors (Lipinski definition) is 3. The van der Waals surface area contributed by atoms with E-state index in [1.165, 1.54) is 0 Å². The minimum atomic E-state index is -0.165. The summed E-state index contributed by atoms with van der Waals surface area (Å²) in [6.07, 6.45) is 6.55. The van der Waals surface area contributed by atoms with Crippen molar-refractivity contribution < 1.29 is 10.2 Å². The highest BCUT2D eigenvalue weighted by atomic mass is 16.3. The summed E-state index contributed by atoms with van der Waals surface area (Å²) in [5.74, 6) is 0. The molecule has 0 heterocycles.